The number of carbonyl (C=O) groups excluding carboxylic acids is 1. The van der Waals surface area contributed by atoms with Crippen molar-refractivity contribution in [3.8, 4) is 0 Å². The van der Waals surface area contributed by atoms with Gasteiger partial charge in [0.15, 0.2) is 5.78 Å². The van der Waals surface area contributed by atoms with Gasteiger partial charge < -0.3 is 0 Å². The monoisotopic (exact) mass is 254 g/mol. The van der Waals surface area contributed by atoms with Crippen molar-refractivity contribution in [2.75, 3.05) is 0 Å². The van der Waals surface area contributed by atoms with Crippen LogP contribution >= 0.6 is 0 Å². The van der Waals surface area contributed by atoms with Crippen LogP contribution in [0.25, 0.3) is 0 Å². The minimum Gasteiger partial charge on any atom is -0.290 e. The van der Waals surface area contributed by atoms with Crippen LogP contribution in [0.15, 0.2) is 23.6 Å². The highest BCUT2D eigenvalue weighted by molar-refractivity contribution is 6.94. The van der Waals surface area contributed by atoms with Crippen LogP contribution in [0.4, 0.5) is 0 Å². The first-order valence-electron chi connectivity index (χ1n) is 6.03. The van der Waals surface area contributed by atoms with Crippen molar-refractivity contribution < 1.29 is 4.79 Å². The first-order valence-corrected chi connectivity index (χ1v) is 12.4. The van der Waals surface area contributed by atoms with Gasteiger partial charge in [0.1, 0.15) is 0 Å². The number of hydrogen-bond acceptors (Lipinski definition) is 1. The Labute approximate surface area is 103 Å². The predicted molar refractivity (Wildman–Crippen MR) is 79.2 cm³/mol. The van der Waals surface area contributed by atoms with Crippen molar-refractivity contribution in [1.82, 2.24) is 0 Å². The molecule has 0 amide bonds. The van der Waals surface area contributed by atoms with Gasteiger partial charge in [0.25, 0.3) is 0 Å². The second-order valence-electron chi connectivity index (χ2n) is 5.76. The van der Waals surface area contributed by atoms with Crippen molar-refractivity contribution in [2.24, 2.45) is 0 Å². The molecule has 0 unspecified atom stereocenters. The molecule has 0 heterocycles. The summed E-state index contributed by atoms with van der Waals surface area (Å²) in [5, 5.41) is 1.71. The summed E-state index contributed by atoms with van der Waals surface area (Å²) in [5.41, 5.74) is 0. The summed E-state index contributed by atoms with van der Waals surface area (Å²) in [5.74, 6) is 0.164. The fourth-order valence-electron chi connectivity index (χ4n) is 1.22. The predicted octanol–water partition coefficient (Wildman–Crippen LogP) is 4.20. The van der Waals surface area contributed by atoms with Crippen LogP contribution in [-0.4, -0.2) is 21.9 Å². The third kappa shape index (κ3) is 3.29. The van der Waals surface area contributed by atoms with E-state index in [0.717, 1.165) is 22.5 Å². The lowest BCUT2D eigenvalue weighted by atomic mass is 10.4. The number of carbonyl (C=O) groups is 1. The Morgan fingerprint density at radius 3 is 1.31 bits per heavy atom. The van der Waals surface area contributed by atoms with Crippen molar-refractivity contribution in [3.63, 3.8) is 0 Å². The lowest BCUT2D eigenvalue weighted by molar-refractivity contribution is -0.111. The molecule has 0 N–H and O–H groups in total. The molecular formula is C13H26OSi2. The van der Waals surface area contributed by atoms with Crippen molar-refractivity contribution in [3.05, 3.63) is 23.6 Å². The lowest BCUT2D eigenvalue weighted by Gasteiger charge is -2.28. The highest BCUT2D eigenvalue weighted by atomic mass is 28.3. The molecule has 1 nitrogen and oxygen atoms in total. The molecule has 0 spiro atoms. The van der Waals surface area contributed by atoms with E-state index in [-0.39, 0.29) is 5.78 Å². The summed E-state index contributed by atoms with van der Waals surface area (Å²) in [6.45, 7) is 21.2. The topological polar surface area (TPSA) is 17.1 Å². The molecule has 0 fully saturated rings. The number of ketones is 1. The molecule has 0 bridgehead atoms. The van der Waals surface area contributed by atoms with Crippen LogP contribution < -0.4 is 0 Å². The average Bonchev–Trinajstić information content (AvgIpc) is 2.25. The number of hydrogen-bond donors (Lipinski definition) is 0. The smallest absolute Gasteiger partial charge is 0.175 e. The molecule has 0 radical (unpaired) electrons. The van der Waals surface area contributed by atoms with Gasteiger partial charge in [0, 0.05) is 0 Å². The second-order valence-corrected chi connectivity index (χ2v) is 15.9. The van der Waals surface area contributed by atoms with E-state index in [1.165, 1.54) is 0 Å². The standard InChI is InChI=1S/C13H26OSi2/c1-9-15(5,6)11(3)13(14)12(4)16(7,8)10-2/h3-4,9-10H2,1-2,5-8H3. The van der Waals surface area contributed by atoms with E-state index < -0.39 is 16.1 Å². The van der Waals surface area contributed by atoms with E-state index in [9.17, 15) is 4.79 Å². The Morgan fingerprint density at radius 2 is 1.12 bits per heavy atom. The van der Waals surface area contributed by atoms with Gasteiger partial charge in [0.05, 0.1) is 16.1 Å². The molecule has 0 aliphatic heterocycles. The van der Waals surface area contributed by atoms with Gasteiger partial charge in [-0.3, -0.25) is 4.79 Å². The molecule has 0 saturated heterocycles. The van der Waals surface area contributed by atoms with Gasteiger partial charge in [0.2, 0.25) is 0 Å². The molecule has 16 heavy (non-hydrogen) atoms. The average molecular weight is 255 g/mol. The maximum absolute atomic E-state index is 12.3. The van der Waals surface area contributed by atoms with Gasteiger partial charge in [-0.15, -0.1) is 0 Å². The quantitative estimate of drug-likeness (QED) is 0.513. The fraction of sp³-hybridized carbons (Fsp3) is 0.615. The van der Waals surface area contributed by atoms with Gasteiger partial charge in [-0.05, 0) is 10.4 Å². The molecule has 0 aromatic rings. The Morgan fingerprint density at radius 1 is 0.875 bits per heavy atom. The van der Waals surface area contributed by atoms with Crippen LogP contribution in [0.2, 0.25) is 38.3 Å². The van der Waals surface area contributed by atoms with Gasteiger partial charge in [-0.1, -0.05) is 65.3 Å². The van der Waals surface area contributed by atoms with E-state index in [1.807, 2.05) is 0 Å². The molecular weight excluding hydrogens is 228 g/mol. The summed E-state index contributed by atoms with van der Waals surface area (Å²) in [6.07, 6.45) is 0. The van der Waals surface area contributed by atoms with Crippen LogP contribution in [0.5, 0.6) is 0 Å². The summed E-state index contributed by atoms with van der Waals surface area (Å²) in [4.78, 5) is 12.3. The molecule has 0 saturated carbocycles. The molecule has 0 aliphatic rings. The molecule has 92 valence electrons. The number of allylic oxidation sites excluding steroid dienone is 2. The van der Waals surface area contributed by atoms with Gasteiger partial charge in [-0.25, -0.2) is 0 Å². The molecule has 0 aromatic heterocycles. The number of rotatable bonds is 6. The Kier molecular flexibility index (Phi) is 5.14. The van der Waals surface area contributed by atoms with Crippen LogP contribution in [-0.2, 0) is 4.79 Å². The lowest BCUT2D eigenvalue weighted by Crippen LogP contribution is -2.38. The molecule has 3 heteroatoms. The SMILES string of the molecule is C=C(C(=O)C(=C)[Si](C)(C)CC)[Si](C)(C)CC. The van der Waals surface area contributed by atoms with Crippen LogP contribution in [0, 0.1) is 0 Å². The fourth-order valence-corrected chi connectivity index (χ4v) is 3.73. The minimum atomic E-state index is -1.58. The highest BCUT2D eigenvalue weighted by Crippen LogP contribution is 2.26. The maximum Gasteiger partial charge on any atom is 0.175 e. The largest absolute Gasteiger partial charge is 0.290 e. The molecule has 0 atom stereocenters. The first-order chi connectivity index (χ1) is 7.10. The first kappa shape index (κ1) is 15.6. The zero-order valence-electron chi connectivity index (χ0n) is 11.7. The van der Waals surface area contributed by atoms with Crippen molar-refractivity contribution in [2.45, 2.75) is 52.1 Å². The minimum absolute atomic E-state index is 0.164. The van der Waals surface area contributed by atoms with E-state index in [0.29, 0.717) is 0 Å². The van der Waals surface area contributed by atoms with Crippen LogP contribution in [0.1, 0.15) is 13.8 Å². The maximum atomic E-state index is 12.3. The Bertz CT molecular complexity index is 284. The van der Waals surface area contributed by atoms with Crippen molar-refractivity contribution in [1.29, 1.82) is 0 Å². The summed E-state index contributed by atoms with van der Waals surface area (Å²) < 4.78 is 0. The van der Waals surface area contributed by atoms with E-state index >= 15 is 0 Å². The van der Waals surface area contributed by atoms with Crippen LogP contribution in [0.3, 0.4) is 0 Å². The molecule has 0 rings (SSSR count). The highest BCUT2D eigenvalue weighted by Gasteiger charge is 2.33. The van der Waals surface area contributed by atoms with Gasteiger partial charge >= 0.3 is 0 Å². The summed E-state index contributed by atoms with van der Waals surface area (Å²) in [7, 11) is -3.16. The third-order valence-electron chi connectivity index (χ3n) is 3.95. The summed E-state index contributed by atoms with van der Waals surface area (Å²) >= 11 is 0. The number of Topliss-reactive ketones (excluding diaryl/α,β-unsaturated/α-hetero) is 1. The van der Waals surface area contributed by atoms with E-state index in [1.54, 1.807) is 0 Å². The Hall–Kier alpha value is -0.416. The third-order valence-corrected chi connectivity index (χ3v) is 11.2. The Balaban J connectivity index is 4.98. The molecule has 0 aromatic carbocycles. The summed E-state index contributed by atoms with van der Waals surface area (Å²) in [6, 6.07) is 2.14. The van der Waals surface area contributed by atoms with E-state index in [2.05, 4.69) is 53.2 Å². The normalized spacial score (nSPS) is 12.4. The molecule has 0 aliphatic carbocycles. The van der Waals surface area contributed by atoms with E-state index in [4.69, 9.17) is 0 Å². The van der Waals surface area contributed by atoms with Crippen molar-refractivity contribution >= 4 is 21.9 Å². The van der Waals surface area contributed by atoms with Gasteiger partial charge in [-0.2, -0.15) is 0 Å². The second kappa shape index (κ2) is 5.28. The zero-order valence-corrected chi connectivity index (χ0v) is 13.7. The zero-order chi connectivity index (χ0) is 13.1.